The zero-order valence-electron chi connectivity index (χ0n) is 23.1. The summed E-state index contributed by atoms with van der Waals surface area (Å²) >= 11 is 0. The lowest BCUT2D eigenvalue weighted by atomic mass is 9.76. The average molecular weight is 599 g/mol. The molecule has 238 valence electrons. The molecule has 2 heterocycles. The lowest BCUT2D eigenvalue weighted by Gasteiger charge is -2.45. The van der Waals surface area contributed by atoms with Crippen LogP contribution in [-0.2, 0) is 42.7 Å². The quantitative estimate of drug-likeness (QED) is 0.113. The molecule has 16 heteroatoms. The summed E-state index contributed by atoms with van der Waals surface area (Å²) in [6.45, 7) is 0.967. The van der Waals surface area contributed by atoms with Crippen molar-refractivity contribution < 1.29 is 78.5 Å². The highest BCUT2D eigenvalue weighted by molar-refractivity contribution is 5.82. The normalized spacial score (nSPS) is 43.4. The molecule has 0 aromatic heterocycles. The van der Waals surface area contributed by atoms with Crippen LogP contribution in [0.25, 0.3) is 0 Å². The van der Waals surface area contributed by atoms with Gasteiger partial charge in [-0.05, 0) is 19.3 Å². The fraction of sp³-hybridized carbons (Fsp3) is 0.920. The summed E-state index contributed by atoms with van der Waals surface area (Å²) in [5, 5.41) is 71.4. The second kappa shape index (κ2) is 15.3. The second-order valence-electron chi connectivity index (χ2n) is 10.4. The van der Waals surface area contributed by atoms with Crippen LogP contribution in [0.2, 0.25) is 0 Å². The van der Waals surface area contributed by atoms with Crippen LogP contribution in [-0.4, -0.2) is 155 Å². The Labute approximate surface area is 236 Å². The molecule has 2 aliphatic heterocycles. The van der Waals surface area contributed by atoms with Gasteiger partial charge in [0.2, 0.25) is 0 Å². The Balaban J connectivity index is 1.82. The van der Waals surface area contributed by atoms with Gasteiger partial charge in [-0.2, -0.15) is 0 Å². The zero-order chi connectivity index (χ0) is 30.4. The third kappa shape index (κ3) is 7.70. The van der Waals surface area contributed by atoms with Crippen LogP contribution in [0, 0.1) is 11.8 Å². The molecule has 6 unspecified atom stereocenters. The zero-order valence-corrected chi connectivity index (χ0v) is 23.1. The lowest BCUT2D eigenvalue weighted by molar-refractivity contribution is -0.327. The van der Waals surface area contributed by atoms with Gasteiger partial charge in [0, 0.05) is 6.61 Å². The van der Waals surface area contributed by atoms with E-state index in [2.05, 4.69) is 0 Å². The number of ether oxygens (including phenoxy) is 7. The summed E-state index contributed by atoms with van der Waals surface area (Å²) in [5.41, 5.74) is 0. The van der Waals surface area contributed by atoms with Crippen molar-refractivity contribution in [2.75, 3.05) is 34.0 Å². The molecular formula is C25H42O16. The molecule has 0 amide bonds. The lowest BCUT2D eigenvalue weighted by Crippen LogP contribution is -2.61. The van der Waals surface area contributed by atoms with E-state index in [1.54, 1.807) is 0 Å². The van der Waals surface area contributed by atoms with Crippen LogP contribution in [0.5, 0.6) is 0 Å². The van der Waals surface area contributed by atoms with E-state index in [0.717, 1.165) is 14.2 Å². The number of methoxy groups -OCH3 is 2. The Hall–Kier alpha value is -1.54. The highest BCUT2D eigenvalue weighted by atomic mass is 16.7. The van der Waals surface area contributed by atoms with Crippen molar-refractivity contribution in [2.24, 2.45) is 11.8 Å². The van der Waals surface area contributed by atoms with Gasteiger partial charge < -0.3 is 68.9 Å². The van der Waals surface area contributed by atoms with E-state index in [4.69, 9.17) is 33.2 Å². The topological polar surface area (TPSA) is 240 Å². The smallest absolute Gasteiger partial charge is 0.309 e. The summed E-state index contributed by atoms with van der Waals surface area (Å²) in [6.07, 6.45) is -16.9. The number of carbonyl (C=O) groups excluding carboxylic acids is 2. The van der Waals surface area contributed by atoms with Crippen LogP contribution in [0.4, 0.5) is 0 Å². The van der Waals surface area contributed by atoms with Gasteiger partial charge in [-0.25, -0.2) is 0 Å². The van der Waals surface area contributed by atoms with E-state index in [-0.39, 0.29) is 26.1 Å². The van der Waals surface area contributed by atoms with Gasteiger partial charge in [0.1, 0.15) is 48.8 Å². The molecule has 0 radical (unpaired) electrons. The van der Waals surface area contributed by atoms with Gasteiger partial charge in [0.15, 0.2) is 12.6 Å². The molecule has 0 bridgehead atoms. The third-order valence-corrected chi connectivity index (χ3v) is 7.67. The standard InChI is InChI=1S/C25H42O16/c1-4-5-37-24-20(31)19(30)17(28)15(41-24)9-38-12-6-10(22(33)35-2)11(23(34)36-3)7-13(12)39-25-21(32)18(29)16(27)14(8-26)40-25/h10-21,24-32H,4-9H2,1-3H3/t10?,11-,12-,13?,14?,15?,16+,17+,18-,19-,20?,21?,24-,25-/m0/s1. The highest BCUT2D eigenvalue weighted by Gasteiger charge is 2.51. The Morgan fingerprint density at radius 2 is 1.22 bits per heavy atom. The van der Waals surface area contributed by atoms with Gasteiger partial charge in [0.25, 0.3) is 0 Å². The largest absolute Gasteiger partial charge is 0.469 e. The molecule has 7 N–H and O–H groups in total. The van der Waals surface area contributed by atoms with E-state index in [1.165, 1.54) is 0 Å². The Kier molecular flexibility index (Phi) is 12.6. The fourth-order valence-electron chi connectivity index (χ4n) is 5.27. The monoisotopic (exact) mass is 598 g/mol. The number of carbonyl (C=O) groups is 2. The second-order valence-corrected chi connectivity index (χ2v) is 10.4. The maximum atomic E-state index is 12.6. The SMILES string of the molecule is CCCO[C@H]1OC(CO[C@H]2CC(C(=O)OC)[C@@H](C(=O)OC)CC2O[C@H]2OC(CO)[C@@H](O)[C@H](O)C2O)[C@@H](O)[C@H](O)C1O. The minimum Gasteiger partial charge on any atom is -0.469 e. The van der Waals surface area contributed by atoms with Crippen molar-refractivity contribution in [3.8, 4) is 0 Å². The predicted octanol–water partition coefficient (Wildman–Crippen LogP) is -3.84. The maximum Gasteiger partial charge on any atom is 0.309 e. The molecule has 0 spiro atoms. The molecule has 16 nitrogen and oxygen atoms in total. The molecule has 1 aliphatic carbocycles. The first-order chi connectivity index (χ1) is 19.5. The Morgan fingerprint density at radius 1 is 0.707 bits per heavy atom. The van der Waals surface area contributed by atoms with Gasteiger partial charge in [-0.3, -0.25) is 9.59 Å². The first-order valence-corrected chi connectivity index (χ1v) is 13.5. The average Bonchev–Trinajstić information content (AvgIpc) is 2.98. The van der Waals surface area contributed by atoms with Crippen molar-refractivity contribution in [3.05, 3.63) is 0 Å². The third-order valence-electron chi connectivity index (χ3n) is 7.67. The van der Waals surface area contributed by atoms with Crippen LogP contribution in [0.1, 0.15) is 26.2 Å². The number of aliphatic hydroxyl groups is 7. The first-order valence-electron chi connectivity index (χ1n) is 13.5. The van der Waals surface area contributed by atoms with Gasteiger partial charge in [-0.1, -0.05) is 6.92 Å². The molecule has 14 atom stereocenters. The predicted molar refractivity (Wildman–Crippen MR) is 132 cm³/mol. The number of hydrogen-bond donors (Lipinski definition) is 7. The van der Waals surface area contributed by atoms with E-state index in [9.17, 15) is 45.3 Å². The van der Waals surface area contributed by atoms with E-state index in [0.29, 0.717) is 6.42 Å². The molecule has 2 saturated heterocycles. The molecule has 3 rings (SSSR count). The Bertz CT molecular complexity index is 842. The van der Waals surface area contributed by atoms with E-state index < -0.39 is 104 Å². The highest BCUT2D eigenvalue weighted by Crippen LogP contribution is 2.38. The summed E-state index contributed by atoms with van der Waals surface area (Å²) in [6, 6.07) is 0. The van der Waals surface area contributed by atoms with Crippen LogP contribution < -0.4 is 0 Å². The minimum atomic E-state index is -1.75. The van der Waals surface area contributed by atoms with Gasteiger partial charge in [0.05, 0.1) is 51.5 Å². The van der Waals surface area contributed by atoms with Crippen LogP contribution in [0.3, 0.4) is 0 Å². The van der Waals surface area contributed by atoms with Crippen LogP contribution >= 0.6 is 0 Å². The van der Waals surface area contributed by atoms with Crippen molar-refractivity contribution >= 4 is 11.9 Å². The number of aliphatic hydroxyl groups excluding tert-OH is 7. The van der Waals surface area contributed by atoms with Crippen LogP contribution in [0.15, 0.2) is 0 Å². The van der Waals surface area contributed by atoms with Gasteiger partial charge >= 0.3 is 11.9 Å². The minimum absolute atomic E-state index is 0.154. The number of hydrogen-bond acceptors (Lipinski definition) is 16. The summed E-state index contributed by atoms with van der Waals surface area (Å²) in [7, 11) is 2.30. The van der Waals surface area contributed by atoms with E-state index in [1.807, 2.05) is 6.92 Å². The molecule has 0 aromatic carbocycles. The van der Waals surface area contributed by atoms with E-state index >= 15 is 0 Å². The van der Waals surface area contributed by atoms with Crippen molar-refractivity contribution in [1.82, 2.24) is 0 Å². The summed E-state index contributed by atoms with van der Waals surface area (Å²) < 4.78 is 38.2. The number of esters is 2. The molecule has 3 fully saturated rings. The molecule has 1 saturated carbocycles. The fourth-order valence-corrected chi connectivity index (χ4v) is 5.27. The summed E-state index contributed by atoms with van der Waals surface area (Å²) in [4.78, 5) is 25.2. The molecule has 0 aromatic rings. The van der Waals surface area contributed by atoms with Crippen molar-refractivity contribution in [2.45, 2.75) is 99.8 Å². The molecule has 41 heavy (non-hydrogen) atoms. The van der Waals surface area contributed by atoms with Crippen molar-refractivity contribution in [1.29, 1.82) is 0 Å². The molecule has 3 aliphatic rings. The van der Waals surface area contributed by atoms with Gasteiger partial charge in [-0.15, -0.1) is 0 Å². The van der Waals surface area contributed by atoms with Crippen molar-refractivity contribution in [3.63, 3.8) is 0 Å². The first kappa shape index (κ1) is 34.0. The Morgan fingerprint density at radius 3 is 1.76 bits per heavy atom. The molecular weight excluding hydrogens is 556 g/mol. The number of rotatable bonds is 11. The maximum absolute atomic E-state index is 12.6. The summed E-state index contributed by atoms with van der Waals surface area (Å²) in [5.74, 6) is -3.54.